The summed E-state index contributed by atoms with van der Waals surface area (Å²) in [5.41, 5.74) is 1.84. The summed E-state index contributed by atoms with van der Waals surface area (Å²) in [6.45, 7) is 5.38. The van der Waals surface area contributed by atoms with Crippen LogP contribution in [-0.4, -0.2) is 33.6 Å². The van der Waals surface area contributed by atoms with Crippen molar-refractivity contribution in [2.45, 2.75) is 38.8 Å². The molecule has 0 bridgehead atoms. The van der Waals surface area contributed by atoms with Crippen LogP contribution in [0.5, 0.6) is 0 Å². The lowest BCUT2D eigenvalue weighted by Crippen LogP contribution is -2.47. The Labute approximate surface area is 179 Å². The van der Waals surface area contributed by atoms with Gasteiger partial charge in [0.1, 0.15) is 11.6 Å². The van der Waals surface area contributed by atoms with Crippen molar-refractivity contribution in [2.24, 2.45) is 0 Å². The number of carbonyl (C=O) groups excluding carboxylic acids is 2. The van der Waals surface area contributed by atoms with Gasteiger partial charge in [0.15, 0.2) is 5.13 Å². The van der Waals surface area contributed by atoms with E-state index in [-0.39, 0.29) is 0 Å². The molecule has 0 aliphatic carbocycles. The molecule has 0 radical (unpaired) electrons. The Morgan fingerprint density at radius 1 is 1.13 bits per heavy atom. The van der Waals surface area contributed by atoms with Gasteiger partial charge in [-0.2, -0.15) is 0 Å². The summed E-state index contributed by atoms with van der Waals surface area (Å²) in [6.07, 6.45) is 3.71. The molecular weight excluding hydrogens is 400 g/mol. The maximum atomic E-state index is 12.7. The van der Waals surface area contributed by atoms with E-state index in [1.165, 1.54) is 11.3 Å². The number of amides is 2. The molecule has 0 aliphatic rings. The summed E-state index contributed by atoms with van der Waals surface area (Å²) in [6, 6.07) is 11.8. The number of thiazole rings is 1. The zero-order chi connectivity index (χ0) is 21.6. The molecule has 0 saturated carbocycles. The van der Waals surface area contributed by atoms with Gasteiger partial charge in [0, 0.05) is 29.8 Å². The summed E-state index contributed by atoms with van der Waals surface area (Å²) in [5.74, 6) is -0.489. The number of aromatic nitrogens is 2. The molecule has 0 saturated heterocycles. The van der Waals surface area contributed by atoms with Crippen molar-refractivity contribution in [2.75, 3.05) is 5.32 Å². The Kier molecular flexibility index (Phi) is 6.79. The molecule has 3 aromatic rings. The summed E-state index contributed by atoms with van der Waals surface area (Å²) < 4.78 is 5.48. The molecule has 2 N–H and O–H groups in total. The Balaban J connectivity index is 1.68. The average molecular weight is 425 g/mol. The van der Waals surface area contributed by atoms with Gasteiger partial charge in [-0.15, -0.1) is 11.3 Å². The second kappa shape index (κ2) is 9.49. The van der Waals surface area contributed by atoms with Crippen molar-refractivity contribution in [3.63, 3.8) is 0 Å². The molecule has 0 aliphatic heterocycles. The van der Waals surface area contributed by atoms with E-state index in [1.807, 2.05) is 47.8 Å². The smallest absolute Gasteiger partial charge is 0.329 e. The van der Waals surface area contributed by atoms with Crippen molar-refractivity contribution in [1.82, 2.24) is 15.3 Å². The number of nitrogens with one attached hydrogen (secondary N) is 2. The summed E-state index contributed by atoms with van der Waals surface area (Å²) in [4.78, 5) is 33.7. The normalized spacial score (nSPS) is 12.1. The van der Waals surface area contributed by atoms with E-state index < -0.39 is 23.6 Å². The molecule has 0 spiro atoms. The molecule has 1 aromatic carbocycles. The van der Waals surface area contributed by atoms with E-state index in [2.05, 4.69) is 20.6 Å². The number of hydrogen-bond donors (Lipinski definition) is 2. The van der Waals surface area contributed by atoms with Crippen molar-refractivity contribution < 1.29 is 14.3 Å². The molecule has 1 atom stereocenters. The van der Waals surface area contributed by atoms with Crippen LogP contribution in [0.25, 0.3) is 11.3 Å². The van der Waals surface area contributed by atoms with Gasteiger partial charge in [0.25, 0.3) is 0 Å². The van der Waals surface area contributed by atoms with E-state index in [1.54, 1.807) is 33.2 Å². The maximum absolute atomic E-state index is 12.7. The number of urea groups is 1. The molecule has 8 heteroatoms. The van der Waals surface area contributed by atoms with E-state index in [0.717, 1.165) is 16.8 Å². The van der Waals surface area contributed by atoms with Gasteiger partial charge >= 0.3 is 12.0 Å². The first-order valence-corrected chi connectivity index (χ1v) is 10.4. The number of ether oxygens (including phenoxy) is 1. The predicted molar refractivity (Wildman–Crippen MR) is 117 cm³/mol. The van der Waals surface area contributed by atoms with Gasteiger partial charge < -0.3 is 10.1 Å². The summed E-state index contributed by atoms with van der Waals surface area (Å²) >= 11 is 1.30. The SMILES string of the molecule is CC(C)(C)OC(=O)C(Cc1ccccc1)NC(=O)Nc1nc(-c2cccnc2)cs1. The Morgan fingerprint density at radius 2 is 1.90 bits per heavy atom. The van der Waals surface area contributed by atoms with Gasteiger partial charge in [0.2, 0.25) is 0 Å². The van der Waals surface area contributed by atoms with E-state index in [4.69, 9.17) is 4.74 Å². The third-order valence-corrected chi connectivity index (χ3v) is 4.72. The minimum Gasteiger partial charge on any atom is -0.458 e. The number of hydrogen-bond acceptors (Lipinski definition) is 6. The number of nitrogens with zero attached hydrogens (tertiary/aromatic N) is 2. The number of pyridine rings is 1. The molecule has 0 fully saturated rings. The van der Waals surface area contributed by atoms with Crippen LogP contribution in [-0.2, 0) is 16.0 Å². The lowest BCUT2D eigenvalue weighted by molar-refractivity contribution is -0.157. The Hall–Kier alpha value is -3.26. The highest BCUT2D eigenvalue weighted by molar-refractivity contribution is 7.14. The number of anilines is 1. The molecule has 2 aromatic heterocycles. The number of rotatable bonds is 6. The molecular formula is C22H24N4O3S. The second-order valence-corrected chi connectivity index (χ2v) is 8.51. The Morgan fingerprint density at radius 3 is 2.57 bits per heavy atom. The fourth-order valence-electron chi connectivity index (χ4n) is 2.69. The third-order valence-electron chi connectivity index (χ3n) is 3.96. The maximum Gasteiger partial charge on any atom is 0.329 e. The van der Waals surface area contributed by atoms with Crippen molar-refractivity contribution >= 4 is 28.5 Å². The molecule has 156 valence electrons. The molecule has 30 heavy (non-hydrogen) atoms. The van der Waals surface area contributed by atoms with Crippen LogP contribution >= 0.6 is 11.3 Å². The van der Waals surface area contributed by atoms with Gasteiger partial charge in [-0.1, -0.05) is 30.3 Å². The van der Waals surface area contributed by atoms with Crippen LogP contribution in [0.4, 0.5) is 9.93 Å². The van der Waals surface area contributed by atoms with Gasteiger partial charge in [0.05, 0.1) is 5.69 Å². The van der Waals surface area contributed by atoms with Crippen molar-refractivity contribution in [1.29, 1.82) is 0 Å². The summed E-state index contributed by atoms with van der Waals surface area (Å²) in [7, 11) is 0. The van der Waals surface area contributed by atoms with Gasteiger partial charge in [-0.3, -0.25) is 10.3 Å². The van der Waals surface area contributed by atoms with Crippen LogP contribution in [0, 0.1) is 0 Å². The molecule has 7 nitrogen and oxygen atoms in total. The Bertz CT molecular complexity index is 984. The second-order valence-electron chi connectivity index (χ2n) is 7.65. The largest absolute Gasteiger partial charge is 0.458 e. The fraction of sp³-hybridized carbons (Fsp3) is 0.273. The van der Waals surface area contributed by atoms with Crippen LogP contribution in [0.2, 0.25) is 0 Å². The molecule has 2 heterocycles. The fourth-order valence-corrected chi connectivity index (χ4v) is 3.40. The molecule has 2 amide bonds. The minimum absolute atomic E-state index is 0.321. The van der Waals surface area contributed by atoms with Crippen LogP contribution in [0.3, 0.4) is 0 Å². The number of esters is 1. The lowest BCUT2D eigenvalue weighted by atomic mass is 10.1. The monoisotopic (exact) mass is 424 g/mol. The zero-order valence-electron chi connectivity index (χ0n) is 17.1. The van der Waals surface area contributed by atoms with E-state index >= 15 is 0 Å². The standard InChI is InChI=1S/C22H24N4O3S/c1-22(2,3)29-19(27)17(12-15-8-5-4-6-9-15)24-20(28)26-21-25-18(14-30-21)16-10-7-11-23-13-16/h4-11,13-14,17H,12H2,1-3H3,(H2,24,25,26,28). The highest BCUT2D eigenvalue weighted by atomic mass is 32.1. The first-order chi connectivity index (χ1) is 14.3. The van der Waals surface area contributed by atoms with Gasteiger partial charge in [-0.25, -0.2) is 14.6 Å². The predicted octanol–water partition coefficient (Wildman–Crippen LogP) is 4.28. The molecule has 1 unspecified atom stereocenters. The van der Waals surface area contributed by atoms with E-state index in [0.29, 0.717) is 11.6 Å². The van der Waals surface area contributed by atoms with Crippen LogP contribution in [0.15, 0.2) is 60.2 Å². The number of carbonyl (C=O) groups is 2. The lowest BCUT2D eigenvalue weighted by Gasteiger charge is -2.24. The number of benzene rings is 1. The minimum atomic E-state index is -0.829. The molecule has 3 rings (SSSR count). The highest BCUT2D eigenvalue weighted by Gasteiger charge is 2.27. The van der Waals surface area contributed by atoms with Crippen LogP contribution in [0.1, 0.15) is 26.3 Å². The van der Waals surface area contributed by atoms with Crippen molar-refractivity contribution in [3.05, 3.63) is 65.8 Å². The first kappa shape index (κ1) is 21.4. The first-order valence-electron chi connectivity index (χ1n) is 9.50. The van der Waals surface area contributed by atoms with Crippen LogP contribution < -0.4 is 10.6 Å². The summed E-state index contributed by atoms with van der Waals surface area (Å²) in [5, 5.41) is 7.67. The van der Waals surface area contributed by atoms with Gasteiger partial charge in [-0.05, 0) is 38.5 Å². The third kappa shape index (κ3) is 6.38. The van der Waals surface area contributed by atoms with E-state index in [9.17, 15) is 9.59 Å². The van der Waals surface area contributed by atoms with Crippen molar-refractivity contribution in [3.8, 4) is 11.3 Å². The topological polar surface area (TPSA) is 93.2 Å². The highest BCUT2D eigenvalue weighted by Crippen LogP contribution is 2.24. The quantitative estimate of drug-likeness (QED) is 0.576. The average Bonchev–Trinajstić information content (AvgIpc) is 3.16. The zero-order valence-corrected chi connectivity index (χ0v) is 17.9.